The van der Waals surface area contributed by atoms with Crippen LogP contribution < -0.4 is 5.46 Å². The summed E-state index contributed by atoms with van der Waals surface area (Å²) < 4.78 is 0. The van der Waals surface area contributed by atoms with E-state index in [-0.39, 0.29) is 0 Å². The molecule has 0 aliphatic heterocycles. The lowest BCUT2D eigenvalue weighted by Crippen LogP contribution is -2.31. The molecule has 2 N–H and O–H groups in total. The first-order valence-corrected chi connectivity index (χ1v) is 7.08. The van der Waals surface area contributed by atoms with Gasteiger partial charge in [-0.25, -0.2) is 0 Å². The number of benzene rings is 1. The summed E-state index contributed by atoms with van der Waals surface area (Å²) in [5.41, 5.74) is 1.72. The Labute approximate surface area is 108 Å². The lowest BCUT2D eigenvalue weighted by molar-refractivity contribution is 0.270. The number of hydrogen-bond acceptors (Lipinski definition) is 4. The fourth-order valence-corrected chi connectivity index (χ4v) is 2.34. The second kappa shape index (κ2) is 7.06. The summed E-state index contributed by atoms with van der Waals surface area (Å²) in [5, 5.41) is 18.0. The predicted octanol–water partition coefficient (Wildman–Crippen LogP) is 0.550. The first kappa shape index (κ1) is 14.6. The molecule has 0 spiro atoms. The standard InChI is InChI=1S/C12H20BNO2S/c1-10(9-17-3)14(2)8-11-4-6-12(7-5-11)13(15)16/h4-7,10,15-16H,8-9H2,1-3H3. The molecule has 0 radical (unpaired) electrons. The molecule has 0 amide bonds. The molecule has 94 valence electrons. The highest BCUT2D eigenvalue weighted by atomic mass is 32.2. The minimum Gasteiger partial charge on any atom is -0.423 e. The Bertz CT molecular complexity index is 332. The maximum Gasteiger partial charge on any atom is 0.488 e. The quantitative estimate of drug-likeness (QED) is 0.727. The van der Waals surface area contributed by atoms with E-state index in [0.717, 1.165) is 12.3 Å². The van der Waals surface area contributed by atoms with Crippen molar-refractivity contribution in [3.8, 4) is 0 Å². The summed E-state index contributed by atoms with van der Waals surface area (Å²) in [6, 6.07) is 7.93. The molecule has 0 fully saturated rings. The Kier molecular flexibility index (Phi) is 6.05. The van der Waals surface area contributed by atoms with Gasteiger partial charge in [0.1, 0.15) is 0 Å². The van der Waals surface area contributed by atoms with Crippen LogP contribution >= 0.6 is 11.8 Å². The number of nitrogens with zero attached hydrogens (tertiary/aromatic N) is 1. The van der Waals surface area contributed by atoms with Crippen molar-refractivity contribution in [1.29, 1.82) is 0 Å². The molecule has 1 rings (SSSR count). The molecule has 1 atom stereocenters. The average molecular weight is 253 g/mol. The molecule has 0 aliphatic carbocycles. The van der Waals surface area contributed by atoms with Crippen molar-refractivity contribution in [2.75, 3.05) is 19.1 Å². The Morgan fingerprint density at radius 2 is 1.88 bits per heavy atom. The third-order valence-corrected chi connectivity index (χ3v) is 3.69. The Morgan fingerprint density at radius 3 is 2.35 bits per heavy atom. The lowest BCUT2D eigenvalue weighted by Gasteiger charge is -2.24. The maximum atomic E-state index is 9.00. The van der Waals surface area contributed by atoms with Crippen LogP contribution in [0.5, 0.6) is 0 Å². The van der Waals surface area contributed by atoms with Gasteiger partial charge < -0.3 is 10.0 Å². The molecule has 0 aromatic heterocycles. The van der Waals surface area contributed by atoms with Crippen molar-refractivity contribution in [3.05, 3.63) is 29.8 Å². The molecule has 0 heterocycles. The van der Waals surface area contributed by atoms with Gasteiger partial charge in [0.15, 0.2) is 0 Å². The van der Waals surface area contributed by atoms with Crippen LogP contribution in [-0.4, -0.2) is 47.2 Å². The fourth-order valence-electron chi connectivity index (χ4n) is 1.61. The number of hydrogen-bond donors (Lipinski definition) is 2. The van der Waals surface area contributed by atoms with E-state index in [0.29, 0.717) is 11.5 Å². The fraction of sp³-hybridized carbons (Fsp3) is 0.500. The van der Waals surface area contributed by atoms with Crippen molar-refractivity contribution in [2.24, 2.45) is 0 Å². The lowest BCUT2D eigenvalue weighted by atomic mass is 9.80. The molecule has 0 saturated carbocycles. The van der Waals surface area contributed by atoms with E-state index in [4.69, 9.17) is 10.0 Å². The van der Waals surface area contributed by atoms with Crippen molar-refractivity contribution < 1.29 is 10.0 Å². The summed E-state index contributed by atoms with van der Waals surface area (Å²) in [6.07, 6.45) is 2.11. The van der Waals surface area contributed by atoms with Crippen LogP contribution in [0.1, 0.15) is 12.5 Å². The molecular weight excluding hydrogens is 233 g/mol. The summed E-state index contributed by atoms with van der Waals surface area (Å²) >= 11 is 1.85. The van der Waals surface area contributed by atoms with E-state index in [1.54, 1.807) is 12.1 Å². The highest BCUT2D eigenvalue weighted by Crippen LogP contribution is 2.08. The molecule has 3 nitrogen and oxygen atoms in total. The van der Waals surface area contributed by atoms with Crippen molar-refractivity contribution in [1.82, 2.24) is 4.90 Å². The zero-order chi connectivity index (χ0) is 12.8. The van der Waals surface area contributed by atoms with Crippen LogP contribution in [0, 0.1) is 0 Å². The Balaban J connectivity index is 2.56. The van der Waals surface area contributed by atoms with E-state index in [1.807, 2.05) is 23.9 Å². The summed E-state index contributed by atoms with van der Waals surface area (Å²) in [6.45, 7) is 3.09. The van der Waals surface area contributed by atoms with E-state index in [9.17, 15) is 0 Å². The average Bonchev–Trinajstić information content (AvgIpc) is 2.30. The SMILES string of the molecule is CSCC(C)N(C)Cc1ccc(B(O)O)cc1. The molecule has 0 saturated heterocycles. The van der Waals surface area contributed by atoms with E-state index < -0.39 is 7.12 Å². The van der Waals surface area contributed by atoms with Gasteiger partial charge in [0, 0.05) is 18.3 Å². The molecule has 5 heteroatoms. The van der Waals surface area contributed by atoms with Gasteiger partial charge in [0.2, 0.25) is 0 Å². The van der Waals surface area contributed by atoms with E-state index >= 15 is 0 Å². The summed E-state index contributed by atoms with van der Waals surface area (Å²) in [4.78, 5) is 2.29. The second-order valence-corrected chi connectivity index (χ2v) is 5.25. The predicted molar refractivity (Wildman–Crippen MR) is 75.6 cm³/mol. The molecular formula is C12H20BNO2S. The topological polar surface area (TPSA) is 43.7 Å². The third kappa shape index (κ3) is 4.72. The first-order chi connectivity index (χ1) is 8.04. The minimum atomic E-state index is -1.38. The summed E-state index contributed by atoms with van der Waals surface area (Å²) in [5.74, 6) is 1.12. The van der Waals surface area contributed by atoms with Crippen molar-refractivity contribution in [3.63, 3.8) is 0 Å². The molecule has 1 aromatic rings. The Hall–Kier alpha value is -0.485. The summed E-state index contributed by atoms with van der Waals surface area (Å²) in [7, 11) is 0.729. The third-order valence-electron chi connectivity index (χ3n) is 2.87. The number of thioether (sulfide) groups is 1. The first-order valence-electron chi connectivity index (χ1n) is 5.68. The maximum absolute atomic E-state index is 9.00. The van der Waals surface area contributed by atoms with Gasteiger partial charge in [-0.05, 0) is 31.3 Å². The van der Waals surface area contributed by atoms with Crippen LogP contribution in [0.2, 0.25) is 0 Å². The van der Waals surface area contributed by atoms with Crippen LogP contribution in [0.25, 0.3) is 0 Å². The van der Waals surface area contributed by atoms with E-state index in [1.165, 1.54) is 5.56 Å². The smallest absolute Gasteiger partial charge is 0.423 e. The highest BCUT2D eigenvalue weighted by Gasteiger charge is 2.11. The Morgan fingerprint density at radius 1 is 1.29 bits per heavy atom. The van der Waals surface area contributed by atoms with Crippen molar-refractivity contribution in [2.45, 2.75) is 19.5 Å². The van der Waals surface area contributed by atoms with Gasteiger partial charge in [-0.2, -0.15) is 11.8 Å². The molecule has 0 bridgehead atoms. The van der Waals surface area contributed by atoms with Crippen LogP contribution in [0.3, 0.4) is 0 Å². The molecule has 1 unspecified atom stereocenters. The van der Waals surface area contributed by atoms with E-state index in [2.05, 4.69) is 25.1 Å². The van der Waals surface area contributed by atoms with Crippen LogP contribution in [-0.2, 0) is 6.54 Å². The van der Waals surface area contributed by atoms with Gasteiger partial charge in [0.05, 0.1) is 0 Å². The van der Waals surface area contributed by atoms with Gasteiger partial charge in [-0.3, -0.25) is 4.90 Å². The van der Waals surface area contributed by atoms with Crippen LogP contribution in [0.4, 0.5) is 0 Å². The van der Waals surface area contributed by atoms with Gasteiger partial charge in [-0.15, -0.1) is 0 Å². The highest BCUT2D eigenvalue weighted by molar-refractivity contribution is 7.98. The second-order valence-electron chi connectivity index (χ2n) is 4.33. The van der Waals surface area contributed by atoms with Gasteiger partial charge in [-0.1, -0.05) is 24.3 Å². The zero-order valence-corrected chi connectivity index (χ0v) is 11.4. The molecule has 0 aliphatic rings. The molecule has 1 aromatic carbocycles. The molecule has 17 heavy (non-hydrogen) atoms. The number of rotatable bonds is 6. The van der Waals surface area contributed by atoms with Gasteiger partial charge in [0.25, 0.3) is 0 Å². The van der Waals surface area contributed by atoms with Crippen molar-refractivity contribution >= 4 is 24.3 Å². The zero-order valence-electron chi connectivity index (χ0n) is 10.6. The van der Waals surface area contributed by atoms with Crippen LogP contribution in [0.15, 0.2) is 24.3 Å². The monoisotopic (exact) mass is 253 g/mol. The normalized spacial score (nSPS) is 12.8. The van der Waals surface area contributed by atoms with Gasteiger partial charge >= 0.3 is 7.12 Å². The largest absolute Gasteiger partial charge is 0.488 e. The minimum absolute atomic E-state index is 0.535.